The predicted octanol–water partition coefficient (Wildman–Crippen LogP) is 6.54. The van der Waals surface area contributed by atoms with Crippen LogP contribution in [0, 0.1) is 0 Å². The van der Waals surface area contributed by atoms with E-state index in [4.69, 9.17) is 28.2 Å². The number of carbonyl (C=O) groups is 1. The molecule has 2 fully saturated rings. The molecule has 0 spiro atoms. The number of nitrogens with one attached hydrogen (secondary N) is 2. The molecule has 9 nitrogen and oxygen atoms in total. The van der Waals surface area contributed by atoms with E-state index in [0.29, 0.717) is 34.4 Å². The summed E-state index contributed by atoms with van der Waals surface area (Å²) in [6, 6.07) is 13.0. The van der Waals surface area contributed by atoms with E-state index < -0.39 is 0 Å². The minimum absolute atomic E-state index is 0.184. The zero-order valence-corrected chi connectivity index (χ0v) is 26.6. The minimum Gasteiger partial charge on any atom is -0.353 e. The number of benzene rings is 1. The third-order valence-corrected chi connectivity index (χ3v) is 9.68. The van der Waals surface area contributed by atoms with E-state index >= 15 is 0 Å². The van der Waals surface area contributed by atoms with Gasteiger partial charge in [-0.15, -0.1) is 0 Å². The molecule has 2 N–H and O–H groups in total. The standard InChI is InChI=1S/C33H38Cl2N8O/c1-3-25-20-42(33-30(35)17-23(19-39-33)31-37-11-12-38-31)15-16-43(25)26-8-13-41(14-9-26)22(2)27-7-6-24(34)18-29(27)28-5-4-10-36-32(28)40-21-44/h4-7,10-12,17-19,21-22,25-26H,3,8-9,13-16,20H2,1-2H3,(H,37,38)(H,36,40,44)/t22?,25-/m0/s1. The SMILES string of the molecule is CC[C@H]1CN(c2ncc(-c3ncc[nH]3)cc2Cl)CCN1C1CCN(C(C)c2ccc(Cl)cc2-c2cccnc2NC=O)CC1. The van der Waals surface area contributed by atoms with E-state index in [1.807, 2.05) is 36.5 Å². The lowest BCUT2D eigenvalue weighted by atomic mass is 9.92. The molecule has 2 aliphatic heterocycles. The zero-order chi connectivity index (χ0) is 30.6. The first-order valence-electron chi connectivity index (χ1n) is 15.3. The molecule has 0 saturated carbocycles. The molecule has 2 saturated heterocycles. The van der Waals surface area contributed by atoms with Gasteiger partial charge in [-0.2, -0.15) is 0 Å². The molecule has 6 rings (SSSR count). The van der Waals surface area contributed by atoms with Crippen molar-refractivity contribution >= 4 is 41.2 Å². The summed E-state index contributed by atoms with van der Waals surface area (Å²) >= 11 is 13.2. The van der Waals surface area contributed by atoms with Crippen LogP contribution in [0.5, 0.6) is 0 Å². The zero-order valence-electron chi connectivity index (χ0n) is 25.1. The summed E-state index contributed by atoms with van der Waals surface area (Å²) in [5, 5.41) is 4.06. The van der Waals surface area contributed by atoms with E-state index in [-0.39, 0.29) is 6.04 Å². The number of likely N-dealkylation sites (tertiary alicyclic amines) is 1. The van der Waals surface area contributed by atoms with E-state index in [2.05, 4.69) is 54.9 Å². The Morgan fingerprint density at radius 3 is 2.61 bits per heavy atom. The normalized spacial score (nSPS) is 19.2. The molecule has 2 aliphatic rings. The van der Waals surface area contributed by atoms with Crippen molar-refractivity contribution in [2.45, 2.75) is 51.2 Å². The van der Waals surface area contributed by atoms with Crippen LogP contribution in [0.2, 0.25) is 10.0 Å². The van der Waals surface area contributed by atoms with Crippen molar-refractivity contribution in [3.63, 3.8) is 0 Å². The third-order valence-electron chi connectivity index (χ3n) is 9.17. The number of imidazole rings is 1. The first kappa shape index (κ1) is 30.5. The number of pyridine rings is 2. The van der Waals surface area contributed by atoms with Gasteiger partial charge >= 0.3 is 0 Å². The predicted molar refractivity (Wildman–Crippen MR) is 177 cm³/mol. The van der Waals surface area contributed by atoms with Crippen LogP contribution in [0.4, 0.5) is 11.6 Å². The van der Waals surface area contributed by atoms with Crippen LogP contribution in [0.15, 0.2) is 61.2 Å². The smallest absolute Gasteiger partial charge is 0.212 e. The largest absolute Gasteiger partial charge is 0.353 e. The first-order chi connectivity index (χ1) is 21.5. The van der Waals surface area contributed by atoms with Crippen molar-refractivity contribution in [2.24, 2.45) is 0 Å². The molecule has 1 amide bonds. The van der Waals surface area contributed by atoms with Crippen molar-refractivity contribution in [3.8, 4) is 22.5 Å². The molecule has 2 atom stereocenters. The van der Waals surface area contributed by atoms with Crippen molar-refractivity contribution in [1.29, 1.82) is 0 Å². The van der Waals surface area contributed by atoms with Gasteiger partial charge in [0.1, 0.15) is 17.5 Å². The fourth-order valence-corrected chi connectivity index (χ4v) is 7.30. The number of hydrogen-bond acceptors (Lipinski definition) is 7. The van der Waals surface area contributed by atoms with Crippen LogP contribution in [0.25, 0.3) is 22.5 Å². The number of rotatable bonds is 9. The Morgan fingerprint density at radius 2 is 1.89 bits per heavy atom. The summed E-state index contributed by atoms with van der Waals surface area (Å²) < 4.78 is 0. The highest BCUT2D eigenvalue weighted by Crippen LogP contribution is 2.38. The van der Waals surface area contributed by atoms with Crippen LogP contribution in [-0.4, -0.2) is 81.0 Å². The number of hydrogen-bond donors (Lipinski definition) is 2. The number of amides is 1. The Kier molecular flexibility index (Phi) is 9.47. The Balaban J connectivity index is 1.12. The van der Waals surface area contributed by atoms with Gasteiger partial charge in [0.05, 0.1) is 5.02 Å². The molecule has 0 aliphatic carbocycles. The fraction of sp³-hybridized carbons (Fsp3) is 0.394. The molecule has 44 heavy (non-hydrogen) atoms. The highest BCUT2D eigenvalue weighted by molar-refractivity contribution is 6.33. The van der Waals surface area contributed by atoms with Gasteiger partial charge in [-0.25, -0.2) is 15.0 Å². The molecule has 1 unspecified atom stereocenters. The lowest BCUT2D eigenvalue weighted by molar-refractivity contribution is -0.105. The van der Waals surface area contributed by atoms with Crippen LogP contribution in [-0.2, 0) is 4.79 Å². The van der Waals surface area contributed by atoms with Crippen molar-refractivity contribution < 1.29 is 4.79 Å². The maximum Gasteiger partial charge on any atom is 0.212 e. The average Bonchev–Trinajstić information content (AvgIpc) is 3.60. The second-order valence-corrected chi connectivity index (χ2v) is 12.4. The lowest BCUT2D eigenvalue weighted by Crippen LogP contribution is -2.58. The van der Waals surface area contributed by atoms with E-state index in [1.54, 1.807) is 18.6 Å². The molecule has 1 aromatic carbocycles. The molecule has 230 valence electrons. The van der Waals surface area contributed by atoms with Gasteiger partial charge in [0.2, 0.25) is 6.41 Å². The van der Waals surface area contributed by atoms with Gasteiger partial charge in [0.15, 0.2) is 0 Å². The molecule has 5 heterocycles. The molecule has 4 aromatic rings. The third kappa shape index (κ3) is 6.33. The number of anilines is 2. The van der Waals surface area contributed by atoms with E-state index in [1.165, 1.54) is 5.56 Å². The van der Waals surface area contributed by atoms with Crippen LogP contribution < -0.4 is 10.2 Å². The Hall–Kier alpha value is -3.50. The van der Waals surface area contributed by atoms with Crippen LogP contribution in [0.1, 0.15) is 44.7 Å². The van der Waals surface area contributed by atoms with Gasteiger partial charge in [-0.3, -0.25) is 14.6 Å². The summed E-state index contributed by atoms with van der Waals surface area (Å²) in [5.74, 6) is 2.15. The second-order valence-electron chi connectivity index (χ2n) is 11.5. The average molecular weight is 634 g/mol. The van der Waals surface area contributed by atoms with Gasteiger partial charge < -0.3 is 15.2 Å². The summed E-state index contributed by atoms with van der Waals surface area (Å²) in [5.41, 5.74) is 3.93. The number of nitrogens with zero attached hydrogens (tertiary/aromatic N) is 6. The molecule has 11 heteroatoms. The van der Waals surface area contributed by atoms with Crippen LogP contribution in [0.3, 0.4) is 0 Å². The fourth-order valence-electron chi connectivity index (χ4n) is 6.84. The minimum atomic E-state index is 0.184. The Labute approximate surface area is 268 Å². The number of aromatic nitrogens is 4. The summed E-state index contributed by atoms with van der Waals surface area (Å²) in [6.45, 7) is 9.37. The molecule has 0 radical (unpaired) electrons. The number of aromatic amines is 1. The molecular weight excluding hydrogens is 595 g/mol. The van der Waals surface area contributed by atoms with E-state index in [0.717, 1.165) is 80.3 Å². The summed E-state index contributed by atoms with van der Waals surface area (Å²) in [6.07, 6.45) is 11.0. The highest BCUT2D eigenvalue weighted by Gasteiger charge is 2.35. The van der Waals surface area contributed by atoms with Crippen molar-refractivity contribution in [1.82, 2.24) is 29.7 Å². The molecule has 3 aromatic heterocycles. The van der Waals surface area contributed by atoms with Gasteiger partial charge in [0, 0.05) is 91.8 Å². The van der Waals surface area contributed by atoms with Gasteiger partial charge in [-0.1, -0.05) is 36.2 Å². The highest BCUT2D eigenvalue weighted by atomic mass is 35.5. The quantitative estimate of drug-likeness (QED) is 0.202. The maximum absolute atomic E-state index is 11.3. The Morgan fingerprint density at radius 1 is 1.05 bits per heavy atom. The second kappa shape index (κ2) is 13.6. The number of piperazine rings is 1. The van der Waals surface area contributed by atoms with Crippen LogP contribution >= 0.6 is 23.2 Å². The number of carbonyl (C=O) groups excluding carboxylic acids is 1. The number of halogens is 2. The van der Waals surface area contributed by atoms with Gasteiger partial charge in [-0.05, 0) is 67.6 Å². The molecular formula is C33H38Cl2N8O. The monoisotopic (exact) mass is 632 g/mol. The van der Waals surface area contributed by atoms with Gasteiger partial charge in [0.25, 0.3) is 0 Å². The first-order valence-corrected chi connectivity index (χ1v) is 16.1. The summed E-state index contributed by atoms with van der Waals surface area (Å²) in [4.78, 5) is 35.5. The Bertz CT molecular complexity index is 1570. The van der Waals surface area contributed by atoms with E-state index in [9.17, 15) is 4.79 Å². The maximum atomic E-state index is 11.3. The number of piperidine rings is 1. The lowest BCUT2D eigenvalue weighted by Gasteiger charge is -2.48. The topological polar surface area (TPSA) is 93.3 Å². The van der Waals surface area contributed by atoms with Crippen molar-refractivity contribution in [3.05, 3.63) is 76.8 Å². The van der Waals surface area contributed by atoms with Crippen molar-refractivity contribution in [2.75, 3.05) is 42.9 Å². The number of H-pyrrole nitrogens is 1. The molecule has 0 bridgehead atoms. The summed E-state index contributed by atoms with van der Waals surface area (Å²) in [7, 11) is 0.